The van der Waals surface area contributed by atoms with E-state index >= 15 is 0 Å². The van der Waals surface area contributed by atoms with Crippen molar-refractivity contribution in [3.63, 3.8) is 0 Å². The van der Waals surface area contributed by atoms with Gasteiger partial charge in [0.15, 0.2) is 6.23 Å². The van der Waals surface area contributed by atoms with Crippen LogP contribution < -0.4 is 16.6 Å². The van der Waals surface area contributed by atoms with Gasteiger partial charge in [0.1, 0.15) is 11.7 Å². The molecular formula is C26H29N3O5. The van der Waals surface area contributed by atoms with Crippen LogP contribution in [0.15, 0.2) is 76.4 Å². The van der Waals surface area contributed by atoms with Gasteiger partial charge in [-0.25, -0.2) is 4.79 Å². The molecule has 0 aliphatic carbocycles. The summed E-state index contributed by atoms with van der Waals surface area (Å²) in [6.45, 7) is 4.85. The average molecular weight is 464 g/mol. The molecule has 0 radical (unpaired) electrons. The number of H-pyrrole nitrogens is 1. The molecule has 1 aromatic heterocycles. The summed E-state index contributed by atoms with van der Waals surface area (Å²) in [6, 6.07) is 19.5. The van der Waals surface area contributed by atoms with Gasteiger partial charge >= 0.3 is 5.69 Å². The predicted octanol–water partition coefficient (Wildman–Crippen LogP) is 2.28. The fourth-order valence-electron chi connectivity index (χ4n) is 4.92. The first-order valence-electron chi connectivity index (χ1n) is 11.5. The van der Waals surface area contributed by atoms with E-state index in [1.54, 1.807) is 13.1 Å². The third kappa shape index (κ3) is 4.14. The molecule has 0 amide bonds. The maximum absolute atomic E-state index is 12.7. The second-order valence-electron chi connectivity index (χ2n) is 9.05. The molecule has 2 bridgehead atoms. The quantitative estimate of drug-likeness (QED) is 0.532. The Hall–Kier alpha value is -3.04. The standard InChI is InChI=1S/C26H29N3O5/c1-17-13-29(25(31)28-23(17)30)24-21-22(33-15-20-11-7-4-8-12-20)26(34-24,18(2)27-21)16-32-14-19-9-5-3-6-10-19/h3-13,18,21-22,24,27H,14-16H2,1-2H3,(H,28,30,31)/t18-,21+,22-,24+,26?/m0/s1. The van der Waals surface area contributed by atoms with Gasteiger partial charge in [-0.05, 0) is 25.0 Å². The van der Waals surface area contributed by atoms with Crippen molar-refractivity contribution in [3.8, 4) is 0 Å². The highest BCUT2D eigenvalue weighted by atomic mass is 16.6. The second-order valence-corrected chi connectivity index (χ2v) is 9.05. The molecule has 3 heterocycles. The summed E-state index contributed by atoms with van der Waals surface area (Å²) in [5, 5.41) is 3.56. The molecule has 2 fully saturated rings. The number of aromatic amines is 1. The average Bonchev–Trinajstić information content (AvgIpc) is 3.29. The van der Waals surface area contributed by atoms with Gasteiger partial charge in [0.25, 0.3) is 5.56 Å². The maximum Gasteiger partial charge on any atom is 0.330 e. The monoisotopic (exact) mass is 463 g/mol. The normalized spacial score (nSPS) is 27.8. The molecular weight excluding hydrogens is 434 g/mol. The lowest BCUT2D eigenvalue weighted by molar-refractivity contribution is -0.171. The lowest BCUT2D eigenvalue weighted by atomic mass is 9.94. The molecule has 5 rings (SSSR count). The maximum atomic E-state index is 12.7. The lowest BCUT2D eigenvalue weighted by Crippen LogP contribution is -2.54. The number of nitrogens with one attached hydrogen (secondary N) is 2. The van der Waals surface area contributed by atoms with Crippen molar-refractivity contribution >= 4 is 0 Å². The van der Waals surface area contributed by atoms with E-state index in [-0.39, 0.29) is 18.2 Å². The van der Waals surface area contributed by atoms with Gasteiger partial charge in [-0.1, -0.05) is 60.7 Å². The number of fused-ring (bicyclic) bond motifs is 2. The van der Waals surface area contributed by atoms with Crippen LogP contribution in [-0.4, -0.2) is 39.9 Å². The van der Waals surface area contributed by atoms with Gasteiger partial charge in [-0.2, -0.15) is 0 Å². The molecule has 8 heteroatoms. The number of rotatable bonds is 8. The van der Waals surface area contributed by atoms with Gasteiger partial charge in [0.05, 0.1) is 25.9 Å². The van der Waals surface area contributed by atoms with Crippen LogP contribution >= 0.6 is 0 Å². The summed E-state index contributed by atoms with van der Waals surface area (Å²) < 4.78 is 20.6. The van der Waals surface area contributed by atoms with E-state index < -0.39 is 23.1 Å². The third-order valence-corrected chi connectivity index (χ3v) is 6.76. The Morgan fingerprint density at radius 2 is 1.65 bits per heavy atom. The molecule has 5 atom stereocenters. The largest absolute Gasteiger partial charge is 0.374 e. The van der Waals surface area contributed by atoms with E-state index in [4.69, 9.17) is 14.2 Å². The predicted molar refractivity (Wildman–Crippen MR) is 126 cm³/mol. The van der Waals surface area contributed by atoms with Gasteiger partial charge < -0.3 is 19.5 Å². The van der Waals surface area contributed by atoms with E-state index in [1.165, 1.54) is 4.57 Å². The molecule has 8 nitrogen and oxygen atoms in total. The van der Waals surface area contributed by atoms with Crippen molar-refractivity contribution in [1.29, 1.82) is 0 Å². The number of aryl methyl sites for hydroxylation is 1. The summed E-state index contributed by atoms with van der Waals surface area (Å²) in [5.41, 5.74) is 0.847. The number of ether oxygens (including phenoxy) is 3. The van der Waals surface area contributed by atoms with Crippen LogP contribution in [0.3, 0.4) is 0 Å². The number of morpholine rings is 1. The number of hydrogen-bond acceptors (Lipinski definition) is 6. The molecule has 2 aromatic carbocycles. The molecule has 3 aromatic rings. The first-order valence-corrected chi connectivity index (χ1v) is 11.5. The highest BCUT2D eigenvalue weighted by Crippen LogP contribution is 2.46. The van der Waals surface area contributed by atoms with Crippen molar-refractivity contribution in [1.82, 2.24) is 14.9 Å². The fraction of sp³-hybridized carbons (Fsp3) is 0.385. The molecule has 0 spiro atoms. The number of hydrogen-bond donors (Lipinski definition) is 2. The van der Waals surface area contributed by atoms with Crippen LogP contribution in [0.5, 0.6) is 0 Å². The third-order valence-electron chi connectivity index (χ3n) is 6.76. The molecule has 2 saturated heterocycles. The minimum atomic E-state index is -0.803. The zero-order valence-corrected chi connectivity index (χ0v) is 19.3. The molecule has 2 aliphatic heterocycles. The van der Waals surface area contributed by atoms with Crippen molar-refractivity contribution in [3.05, 3.63) is 104 Å². The van der Waals surface area contributed by atoms with E-state index in [1.807, 2.05) is 67.6 Å². The first-order chi connectivity index (χ1) is 16.5. The lowest BCUT2D eigenvalue weighted by Gasteiger charge is -2.37. The molecule has 2 N–H and O–H groups in total. The summed E-state index contributed by atoms with van der Waals surface area (Å²) in [4.78, 5) is 26.9. The number of nitrogens with zero attached hydrogens (tertiary/aromatic N) is 1. The summed E-state index contributed by atoms with van der Waals surface area (Å²) in [7, 11) is 0. The Kier molecular flexibility index (Phi) is 6.22. The minimum Gasteiger partial charge on any atom is -0.374 e. The van der Waals surface area contributed by atoms with Crippen molar-refractivity contribution in [2.24, 2.45) is 0 Å². The minimum absolute atomic E-state index is 0.0649. The Morgan fingerprint density at radius 1 is 1.00 bits per heavy atom. The summed E-state index contributed by atoms with van der Waals surface area (Å²) >= 11 is 0. The van der Waals surface area contributed by atoms with E-state index in [0.717, 1.165) is 11.1 Å². The fourth-order valence-corrected chi connectivity index (χ4v) is 4.92. The van der Waals surface area contributed by atoms with E-state index in [2.05, 4.69) is 10.3 Å². The van der Waals surface area contributed by atoms with E-state index in [0.29, 0.717) is 25.4 Å². The van der Waals surface area contributed by atoms with Crippen LogP contribution in [0, 0.1) is 6.92 Å². The molecule has 2 aliphatic rings. The van der Waals surface area contributed by atoms with Gasteiger partial charge in [0.2, 0.25) is 0 Å². The molecule has 1 unspecified atom stereocenters. The van der Waals surface area contributed by atoms with Crippen LogP contribution in [0.25, 0.3) is 0 Å². The Balaban J connectivity index is 1.43. The van der Waals surface area contributed by atoms with Crippen molar-refractivity contribution in [2.75, 3.05) is 6.61 Å². The van der Waals surface area contributed by atoms with Crippen molar-refractivity contribution < 1.29 is 14.2 Å². The first kappa shape index (κ1) is 22.7. The number of benzene rings is 2. The van der Waals surface area contributed by atoms with Crippen LogP contribution in [0.1, 0.15) is 29.8 Å². The molecule has 0 saturated carbocycles. The van der Waals surface area contributed by atoms with Crippen LogP contribution in [-0.2, 0) is 27.4 Å². The summed E-state index contributed by atoms with van der Waals surface area (Å²) in [5.74, 6) is 0. The highest BCUT2D eigenvalue weighted by Gasteiger charge is 2.65. The number of aromatic nitrogens is 2. The smallest absolute Gasteiger partial charge is 0.330 e. The van der Waals surface area contributed by atoms with Gasteiger partial charge in [0, 0.05) is 17.8 Å². The van der Waals surface area contributed by atoms with Crippen LogP contribution in [0.4, 0.5) is 0 Å². The Morgan fingerprint density at radius 3 is 2.32 bits per heavy atom. The Bertz CT molecular complexity index is 1240. The van der Waals surface area contributed by atoms with Crippen LogP contribution in [0.2, 0.25) is 0 Å². The van der Waals surface area contributed by atoms with Crippen molar-refractivity contribution in [2.45, 2.75) is 57.1 Å². The SMILES string of the molecule is Cc1cn([C@@H]2OC3(COCc4ccccc4)[C@H](C)N[C@@H]2[C@@H]3OCc2ccccc2)c(=O)[nH]c1=O. The van der Waals surface area contributed by atoms with E-state index in [9.17, 15) is 9.59 Å². The topological polar surface area (TPSA) is 94.6 Å². The second kappa shape index (κ2) is 9.31. The van der Waals surface area contributed by atoms with Gasteiger partial charge in [-0.15, -0.1) is 0 Å². The Labute approximate surface area is 197 Å². The molecule has 34 heavy (non-hydrogen) atoms. The summed E-state index contributed by atoms with van der Waals surface area (Å²) in [6.07, 6.45) is 0.550. The molecule has 178 valence electrons. The zero-order valence-electron chi connectivity index (χ0n) is 19.3. The van der Waals surface area contributed by atoms with Gasteiger partial charge in [-0.3, -0.25) is 14.3 Å². The zero-order chi connectivity index (χ0) is 23.7. The highest BCUT2D eigenvalue weighted by molar-refractivity contribution is 5.19.